The van der Waals surface area contributed by atoms with E-state index in [4.69, 9.17) is 0 Å². The van der Waals surface area contributed by atoms with Gasteiger partial charge in [-0.15, -0.1) is 0 Å². The molecule has 3 rings (SSSR count). The van der Waals surface area contributed by atoms with Crippen LogP contribution >= 0.6 is 0 Å². The van der Waals surface area contributed by atoms with Crippen LogP contribution in [0.15, 0.2) is 53.4 Å². The minimum absolute atomic E-state index is 0.00636. The standard InChI is InChI=1S/C17H16FNO5S2/c18-16-7-6-13(26(23,24)14-8-9-25(21,22)11-14)10-15(16)17(20)19-12-4-2-1-3-5-12/h1-7,10,14H,8-9,11H2,(H,19,20). The number of carbonyl (C=O) groups excluding carboxylic acids is 1. The number of hydrogen-bond donors (Lipinski definition) is 1. The SMILES string of the molecule is O=C(Nc1ccccc1)c1cc(S(=O)(=O)C2CCS(=O)(=O)C2)ccc1F. The highest BCUT2D eigenvalue weighted by atomic mass is 32.2. The largest absolute Gasteiger partial charge is 0.322 e. The van der Waals surface area contributed by atoms with E-state index in [-0.39, 0.29) is 17.1 Å². The number of benzene rings is 2. The van der Waals surface area contributed by atoms with Gasteiger partial charge in [0, 0.05) is 5.69 Å². The van der Waals surface area contributed by atoms with Gasteiger partial charge in [0.25, 0.3) is 5.91 Å². The van der Waals surface area contributed by atoms with Crippen molar-refractivity contribution >= 4 is 31.3 Å². The number of anilines is 1. The van der Waals surface area contributed by atoms with Crippen molar-refractivity contribution in [2.45, 2.75) is 16.6 Å². The smallest absolute Gasteiger partial charge is 0.258 e. The summed E-state index contributed by atoms with van der Waals surface area (Å²) in [4.78, 5) is 12.0. The molecule has 0 saturated carbocycles. The molecule has 26 heavy (non-hydrogen) atoms. The second-order valence-corrected chi connectivity index (χ2v) is 10.5. The van der Waals surface area contributed by atoms with E-state index in [2.05, 4.69) is 5.32 Å². The van der Waals surface area contributed by atoms with Crippen molar-refractivity contribution in [1.82, 2.24) is 0 Å². The highest BCUT2D eigenvalue weighted by molar-refractivity contribution is 7.96. The number of halogens is 1. The van der Waals surface area contributed by atoms with Gasteiger partial charge in [0.2, 0.25) is 0 Å². The molecule has 2 aromatic rings. The van der Waals surface area contributed by atoms with Crippen molar-refractivity contribution in [1.29, 1.82) is 0 Å². The Hall–Kier alpha value is -2.26. The van der Waals surface area contributed by atoms with E-state index in [1.807, 2.05) is 0 Å². The van der Waals surface area contributed by atoms with Crippen LogP contribution in [0.25, 0.3) is 0 Å². The van der Waals surface area contributed by atoms with Gasteiger partial charge < -0.3 is 5.32 Å². The quantitative estimate of drug-likeness (QED) is 0.797. The van der Waals surface area contributed by atoms with E-state index in [1.165, 1.54) is 0 Å². The summed E-state index contributed by atoms with van der Waals surface area (Å²) in [6.45, 7) is 0. The second-order valence-electron chi connectivity index (χ2n) is 6.03. The predicted octanol–water partition coefficient (Wildman–Crippen LogP) is 2.04. The Bertz CT molecular complexity index is 1050. The first-order valence-corrected chi connectivity index (χ1v) is 11.2. The number of carbonyl (C=O) groups is 1. The van der Waals surface area contributed by atoms with Crippen LogP contribution in [0.5, 0.6) is 0 Å². The second kappa shape index (κ2) is 6.81. The minimum Gasteiger partial charge on any atom is -0.322 e. The zero-order chi connectivity index (χ0) is 18.9. The molecule has 1 unspecified atom stereocenters. The average molecular weight is 397 g/mol. The third kappa shape index (κ3) is 3.78. The number of rotatable bonds is 4. The molecule has 1 aliphatic rings. The van der Waals surface area contributed by atoms with Gasteiger partial charge in [-0.1, -0.05) is 18.2 Å². The van der Waals surface area contributed by atoms with Crippen LogP contribution in [0.4, 0.5) is 10.1 Å². The summed E-state index contributed by atoms with van der Waals surface area (Å²) in [7, 11) is -7.38. The maximum atomic E-state index is 14.1. The van der Waals surface area contributed by atoms with E-state index in [1.54, 1.807) is 30.3 Å². The Kier molecular flexibility index (Phi) is 4.85. The predicted molar refractivity (Wildman–Crippen MR) is 95.0 cm³/mol. The van der Waals surface area contributed by atoms with Gasteiger partial charge in [0.1, 0.15) is 5.82 Å². The summed E-state index contributed by atoms with van der Waals surface area (Å²) in [5.74, 6) is -2.31. The summed E-state index contributed by atoms with van der Waals surface area (Å²) in [6, 6.07) is 11.2. The van der Waals surface area contributed by atoms with Gasteiger partial charge in [0.15, 0.2) is 19.7 Å². The Balaban J connectivity index is 1.91. The van der Waals surface area contributed by atoms with Crippen molar-refractivity contribution in [2.24, 2.45) is 0 Å². The zero-order valence-electron chi connectivity index (χ0n) is 13.6. The van der Waals surface area contributed by atoms with Gasteiger partial charge >= 0.3 is 0 Å². The third-order valence-corrected chi connectivity index (χ3v) is 8.34. The van der Waals surface area contributed by atoms with E-state index in [0.29, 0.717) is 5.69 Å². The highest BCUT2D eigenvalue weighted by Gasteiger charge is 2.38. The number of amides is 1. The number of para-hydroxylation sites is 1. The van der Waals surface area contributed by atoms with E-state index >= 15 is 0 Å². The van der Waals surface area contributed by atoms with E-state index in [9.17, 15) is 26.0 Å². The molecule has 1 saturated heterocycles. The fourth-order valence-electron chi connectivity index (χ4n) is 2.77. The molecule has 2 aromatic carbocycles. The van der Waals surface area contributed by atoms with Crippen molar-refractivity contribution in [3.05, 3.63) is 59.9 Å². The van der Waals surface area contributed by atoms with Crippen molar-refractivity contribution < 1.29 is 26.0 Å². The minimum atomic E-state index is -3.98. The van der Waals surface area contributed by atoms with Crippen LogP contribution in [0.3, 0.4) is 0 Å². The molecule has 6 nitrogen and oxygen atoms in total. The lowest BCUT2D eigenvalue weighted by atomic mass is 10.2. The van der Waals surface area contributed by atoms with Gasteiger partial charge in [-0.25, -0.2) is 21.2 Å². The molecule has 1 heterocycles. The summed E-state index contributed by atoms with van der Waals surface area (Å²) < 4.78 is 62.5. The van der Waals surface area contributed by atoms with Crippen LogP contribution in [-0.2, 0) is 19.7 Å². The van der Waals surface area contributed by atoms with Crippen molar-refractivity contribution in [2.75, 3.05) is 16.8 Å². The molecule has 1 amide bonds. The first kappa shape index (κ1) is 18.5. The van der Waals surface area contributed by atoms with Crippen LogP contribution < -0.4 is 5.32 Å². The fourth-order valence-corrected chi connectivity index (χ4v) is 7.16. The van der Waals surface area contributed by atoms with Gasteiger partial charge in [0.05, 0.1) is 27.2 Å². The Morgan fingerprint density at radius 1 is 1.12 bits per heavy atom. The lowest BCUT2D eigenvalue weighted by molar-refractivity contribution is 0.102. The fraction of sp³-hybridized carbons (Fsp3) is 0.235. The average Bonchev–Trinajstić information content (AvgIpc) is 2.96. The summed E-state index contributed by atoms with van der Waals surface area (Å²) in [5.41, 5.74) is 0.0165. The molecule has 0 radical (unpaired) electrons. The molecule has 1 fully saturated rings. The third-order valence-electron chi connectivity index (χ3n) is 4.17. The Morgan fingerprint density at radius 3 is 2.42 bits per heavy atom. The summed E-state index contributed by atoms with van der Waals surface area (Å²) in [6.07, 6.45) is -0.00636. The van der Waals surface area contributed by atoms with Crippen molar-refractivity contribution in [3.63, 3.8) is 0 Å². The molecular formula is C17H16FNO5S2. The normalized spacial score (nSPS) is 19.2. The highest BCUT2D eigenvalue weighted by Crippen LogP contribution is 2.27. The van der Waals surface area contributed by atoms with Gasteiger partial charge in [-0.05, 0) is 36.8 Å². The van der Waals surface area contributed by atoms with Crippen LogP contribution in [0, 0.1) is 5.82 Å². The van der Waals surface area contributed by atoms with E-state index < -0.39 is 48.0 Å². The maximum Gasteiger partial charge on any atom is 0.258 e. The molecule has 1 aliphatic heterocycles. The lowest BCUT2D eigenvalue weighted by Gasteiger charge is -2.12. The first-order valence-electron chi connectivity index (χ1n) is 7.79. The monoisotopic (exact) mass is 397 g/mol. The molecule has 1 N–H and O–H groups in total. The summed E-state index contributed by atoms with van der Waals surface area (Å²) in [5, 5.41) is 1.41. The molecule has 0 aliphatic carbocycles. The van der Waals surface area contributed by atoms with E-state index in [0.717, 1.165) is 18.2 Å². The molecule has 0 aromatic heterocycles. The molecule has 1 atom stereocenters. The van der Waals surface area contributed by atoms with Crippen LogP contribution in [-0.4, -0.2) is 39.5 Å². The number of sulfone groups is 2. The van der Waals surface area contributed by atoms with Gasteiger partial charge in [-0.3, -0.25) is 4.79 Å². The van der Waals surface area contributed by atoms with Gasteiger partial charge in [-0.2, -0.15) is 0 Å². The van der Waals surface area contributed by atoms with Crippen molar-refractivity contribution in [3.8, 4) is 0 Å². The number of hydrogen-bond acceptors (Lipinski definition) is 5. The molecule has 138 valence electrons. The zero-order valence-corrected chi connectivity index (χ0v) is 15.2. The molecule has 0 spiro atoms. The summed E-state index contributed by atoms with van der Waals surface area (Å²) >= 11 is 0. The molecular weight excluding hydrogens is 381 g/mol. The first-order chi connectivity index (χ1) is 12.2. The maximum absolute atomic E-state index is 14.1. The Morgan fingerprint density at radius 2 is 1.81 bits per heavy atom. The molecule has 9 heteroatoms. The Labute approximate surface area is 150 Å². The topological polar surface area (TPSA) is 97.4 Å². The number of nitrogens with one attached hydrogen (secondary N) is 1. The van der Waals surface area contributed by atoms with Crippen LogP contribution in [0.2, 0.25) is 0 Å². The lowest BCUT2D eigenvalue weighted by Crippen LogP contribution is -2.23. The molecule has 0 bridgehead atoms. The van der Waals surface area contributed by atoms with Crippen LogP contribution in [0.1, 0.15) is 16.8 Å².